The molecule has 0 unspecified atom stereocenters. The van der Waals surface area contributed by atoms with Crippen molar-refractivity contribution >= 4 is 22.8 Å². The zero-order chi connectivity index (χ0) is 18.8. The SMILES string of the molecule is COC(=O)Cc1ccc2c(c1)c1c(n2C(=O)Cc2ccccc2)CNCC1. The minimum absolute atomic E-state index is 0.0665. The second-order valence-corrected chi connectivity index (χ2v) is 6.85. The Bertz CT molecular complexity index is 1010. The number of esters is 1. The number of carbonyl (C=O) groups is 2. The van der Waals surface area contributed by atoms with Gasteiger partial charge >= 0.3 is 5.97 Å². The summed E-state index contributed by atoms with van der Waals surface area (Å²) in [5, 5.41) is 4.43. The molecule has 0 amide bonds. The van der Waals surface area contributed by atoms with E-state index in [-0.39, 0.29) is 18.3 Å². The summed E-state index contributed by atoms with van der Waals surface area (Å²) in [4.78, 5) is 24.8. The van der Waals surface area contributed by atoms with Crippen LogP contribution in [0.5, 0.6) is 0 Å². The van der Waals surface area contributed by atoms with E-state index in [0.717, 1.165) is 40.7 Å². The van der Waals surface area contributed by atoms with Crippen molar-refractivity contribution in [2.75, 3.05) is 13.7 Å². The number of rotatable bonds is 4. The van der Waals surface area contributed by atoms with Crippen LogP contribution < -0.4 is 5.32 Å². The largest absolute Gasteiger partial charge is 0.469 e. The van der Waals surface area contributed by atoms with E-state index in [1.54, 1.807) is 0 Å². The average Bonchev–Trinajstić information content (AvgIpc) is 3.02. The van der Waals surface area contributed by atoms with Gasteiger partial charge in [-0.25, -0.2) is 0 Å². The van der Waals surface area contributed by atoms with Crippen LogP contribution in [0.1, 0.15) is 27.2 Å². The van der Waals surface area contributed by atoms with E-state index in [2.05, 4.69) is 5.32 Å². The highest BCUT2D eigenvalue weighted by atomic mass is 16.5. The van der Waals surface area contributed by atoms with Crippen molar-refractivity contribution in [3.8, 4) is 0 Å². The number of hydrogen-bond donors (Lipinski definition) is 1. The molecule has 0 fully saturated rings. The van der Waals surface area contributed by atoms with Crippen molar-refractivity contribution in [1.29, 1.82) is 0 Å². The summed E-state index contributed by atoms with van der Waals surface area (Å²) in [5.41, 5.74) is 5.06. The first-order chi connectivity index (χ1) is 13.2. The molecule has 27 heavy (non-hydrogen) atoms. The standard InChI is InChI=1S/C22H22N2O3/c1-27-22(26)13-16-7-8-19-18(11-16)17-9-10-23-14-20(17)24(19)21(25)12-15-5-3-2-4-6-15/h2-8,11,23H,9-10,12-14H2,1H3. The number of carbonyl (C=O) groups excluding carboxylic acids is 2. The molecule has 138 valence electrons. The summed E-state index contributed by atoms with van der Waals surface area (Å²) < 4.78 is 6.63. The summed E-state index contributed by atoms with van der Waals surface area (Å²) in [6, 6.07) is 15.7. The van der Waals surface area contributed by atoms with Gasteiger partial charge in [0.25, 0.3) is 0 Å². The summed E-state index contributed by atoms with van der Waals surface area (Å²) in [6.45, 7) is 1.57. The monoisotopic (exact) mass is 362 g/mol. The Morgan fingerprint density at radius 2 is 1.89 bits per heavy atom. The average molecular weight is 362 g/mol. The predicted molar refractivity (Wildman–Crippen MR) is 104 cm³/mol. The molecular weight excluding hydrogens is 340 g/mol. The first kappa shape index (κ1) is 17.5. The van der Waals surface area contributed by atoms with Gasteiger partial charge < -0.3 is 10.1 Å². The molecule has 2 aromatic carbocycles. The van der Waals surface area contributed by atoms with Crippen LogP contribution in [0, 0.1) is 0 Å². The zero-order valence-corrected chi connectivity index (χ0v) is 15.3. The van der Waals surface area contributed by atoms with E-state index >= 15 is 0 Å². The zero-order valence-electron chi connectivity index (χ0n) is 15.3. The number of fused-ring (bicyclic) bond motifs is 3. The van der Waals surface area contributed by atoms with Gasteiger partial charge in [0.1, 0.15) is 0 Å². The second-order valence-electron chi connectivity index (χ2n) is 6.85. The van der Waals surface area contributed by atoms with Crippen molar-refractivity contribution in [2.45, 2.75) is 25.8 Å². The number of benzene rings is 2. The topological polar surface area (TPSA) is 60.3 Å². The molecule has 1 aromatic heterocycles. The summed E-state index contributed by atoms with van der Waals surface area (Å²) in [5.74, 6) is -0.193. The van der Waals surface area contributed by atoms with Crippen molar-refractivity contribution < 1.29 is 14.3 Å². The van der Waals surface area contributed by atoms with Crippen LogP contribution in [0.25, 0.3) is 10.9 Å². The smallest absolute Gasteiger partial charge is 0.309 e. The summed E-state index contributed by atoms with van der Waals surface area (Å²) in [6.07, 6.45) is 1.47. The Kier molecular flexibility index (Phi) is 4.77. The third kappa shape index (κ3) is 3.38. The van der Waals surface area contributed by atoms with Gasteiger partial charge in [0.2, 0.25) is 5.91 Å². The molecule has 2 heterocycles. The predicted octanol–water partition coefficient (Wildman–Crippen LogP) is 2.89. The Hall–Kier alpha value is -2.92. The number of nitrogens with zero attached hydrogens (tertiary/aromatic N) is 1. The number of aromatic nitrogens is 1. The molecule has 0 saturated heterocycles. The van der Waals surface area contributed by atoms with Gasteiger partial charge in [0.15, 0.2) is 0 Å². The van der Waals surface area contributed by atoms with E-state index in [1.165, 1.54) is 12.7 Å². The highest BCUT2D eigenvalue weighted by Crippen LogP contribution is 2.30. The lowest BCUT2D eigenvalue weighted by molar-refractivity contribution is -0.139. The minimum Gasteiger partial charge on any atom is -0.469 e. The van der Waals surface area contributed by atoms with Crippen molar-refractivity contribution in [3.63, 3.8) is 0 Å². The van der Waals surface area contributed by atoms with Crippen molar-refractivity contribution in [2.24, 2.45) is 0 Å². The van der Waals surface area contributed by atoms with Crippen LogP contribution in [0.3, 0.4) is 0 Å². The molecule has 5 heteroatoms. The maximum Gasteiger partial charge on any atom is 0.309 e. The molecule has 0 radical (unpaired) electrons. The van der Waals surface area contributed by atoms with Gasteiger partial charge in [-0.05, 0) is 41.8 Å². The van der Waals surface area contributed by atoms with Crippen molar-refractivity contribution in [3.05, 3.63) is 70.9 Å². The van der Waals surface area contributed by atoms with Gasteiger partial charge in [-0.1, -0.05) is 36.4 Å². The molecule has 0 bridgehead atoms. The van der Waals surface area contributed by atoms with Crippen LogP contribution in [-0.4, -0.2) is 30.1 Å². The maximum atomic E-state index is 13.1. The number of hydrogen-bond acceptors (Lipinski definition) is 4. The lowest BCUT2D eigenvalue weighted by Gasteiger charge is -2.16. The fraction of sp³-hybridized carbons (Fsp3) is 0.273. The first-order valence-electron chi connectivity index (χ1n) is 9.17. The van der Waals surface area contributed by atoms with Crippen LogP contribution >= 0.6 is 0 Å². The van der Waals surface area contributed by atoms with Gasteiger partial charge in [0.05, 0.1) is 25.5 Å². The van der Waals surface area contributed by atoms with Crippen LogP contribution in [0.2, 0.25) is 0 Å². The van der Waals surface area contributed by atoms with Crippen LogP contribution in [0.4, 0.5) is 0 Å². The van der Waals surface area contributed by atoms with E-state index < -0.39 is 0 Å². The quantitative estimate of drug-likeness (QED) is 0.725. The normalized spacial score (nSPS) is 13.4. The molecule has 4 rings (SSSR count). The molecule has 5 nitrogen and oxygen atoms in total. The maximum absolute atomic E-state index is 13.1. The first-order valence-corrected chi connectivity index (χ1v) is 9.17. The Labute approximate surface area is 157 Å². The summed E-state index contributed by atoms with van der Waals surface area (Å²) >= 11 is 0. The van der Waals surface area contributed by atoms with E-state index in [0.29, 0.717) is 13.0 Å². The van der Waals surface area contributed by atoms with E-state index in [1.807, 2.05) is 53.1 Å². The Morgan fingerprint density at radius 3 is 2.67 bits per heavy atom. The number of ether oxygens (including phenoxy) is 1. The third-order valence-electron chi connectivity index (χ3n) is 5.11. The Balaban J connectivity index is 1.77. The molecule has 0 atom stereocenters. The second kappa shape index (κ2) is 7.37. The van der Waals surface area contributed by atoms with E-state index in [9.17, 15) is 9.59 Å². The van der Waals surface area contributed by atoms with Crippen LogP contribution in [-0.2, 0) is 35.3 Å². The molecule has 0 spiro atoms. The molecule has 1 N–H and O–H groups in total. The fourth-order valence-electron chi connectivity index (χ4n) is 3.82. The third-order valence-corrected chi connectivity index (χ3v) is 5.11. The van der Waals surface area contributed by atoms with Gasteiger partial charge in [-0.2, -0.15) is 0 Å². The molecular formula is C22H22N2O3. The van der Waals surface area contributed by atoms with Gasteiger partial charge in [0, 0.05) is 17.6 Å². The van der Waals surface area contributed by atoms with E-state index in [4.69, 9.17) is 4.74 Å². The molecule has 0 aliphatic carbocycles. The minimum atomic E-state index is -0.260. The molecule has 1 aliphatic rings. The number of methoxy groups -OCH3 is 1. The Morgan fingerprint density at radius 1 is 1.07 bits per heavy atom. The highest BCUT2D eigenvalue weighted by molar-refractivity contribution is 5.97. The van der Waals surface area contributed by atoms with Gasteiger partial charge in [-0.15, -0.1) is 0 Å². The number of nitrogens with one attached hydrogen (secondary N) is 1. The fourth-order valence-corrected chi connectivity index (χ4v) is 3.82. The van der Waals surface area contributed by atoms with Crippen LogP contribution in [0.15, 0.2) is 48.5 Å². The summed E-state index contributed by atoms with van der Waals surface area (Å²) in [7, 11) is 1.40. The lowest BCUT2D eigenvalue weighted by Crippen LogP contribution is -2.27. The van der Waals surface area contributed by atoms with Crippen molar-refractivity contribution in [1.82, 2.24) is 9.88 Å². The van der Waals surface area contributed by atoms with Gasteiger partial charge in [-0.3, -0.25) is 14.2 Å². The highest BCUT2D eigenvalue weighted by Gasteiger charge is 2.23. The molecule has 1 aliphatic heterocycles. The lowest BCUT2D eigenvalue weighted by atomic mass is 10.0. The molecule has 0 saturated carbocycles. The molecule has 3 aromatic rings.